The van der Waals surface area contributed by atoms with Crippen LogP contribution in [0.25, 0.3) is 0 Å². The van der Waals surface area contributed by atoms with Crippen LogP contribution in [-0.2, 0) is 9.59 Å². The summed E-state index contributed by atoms with van der Waals surface area (Å²) >= 11 is 0. The molecule has 1 fully saturated rings. The molecule has 1 unspecified atom stereocenters. The van der Waals surface area contributed by atoms with Crippen LogP contribution in [-0.4, -0.2) is 48.1 Å². The summed E-state index contributed by atoms with van der Waals surface area (Å²) in [6.07, 6.45) is 2.28. The minimum absolute atomic E-state index is 0.0542. The van der Waals surface area contributed by atoms with Gasteiger partial charge in [0, 0.05) is 13.6 Å². The number of rotatable bonds is 4. The van der Waals surface area contributed by atoms with Gasteiger partial charge in [0.15, 0.2) is 0 Å². The van der Waals surface area contributed by atoms with Crippen molar-refractivity contribution in [1.29, 1.82) is 0 Å². The second kappa shape index (κ2) is 5.84. The summed E-state index contributed by atoms with van der Waals surface area (Å²) in [6, 6.07) is -0.700. The third-order valence-corrected chi connectivity index (χ3v) is 3.13. The Morgan fingerprint density at radius 1 is 1.56 bits per heavy atom. The molecular formula is C11H20N2O3. The van der Waals surface area contributed by atoms with Crippen LogP contribution in [0.15, 0.2) is 0 Å². The Balaban J connectivity index is 2.60. The minimum Gasteiger partial charge on any atom is -0.480 e. The maximum atomic E-state index is 12.0. The van der Waals surface area contributed by atoms with Gasteiger partial charge in [-0.2, -0.15) is 0 Å². The molecule has 2 atom stereocenters. The molecule has 1 saturated heterocycles. The van der Waals surface area contributed by atoms with Crippen molar-refractivity contribution in [2.75, 3.05) is 20.1 Å². The number of nitrogens with one attached hydrogen (secondary N) is 1. The molecule has 1 amide bonds. The summed E-state index contributed by atoms with van der Waals surface area (Å²) in [5.74, 6) is -1.05. The summed E-state index contributed by atoms with van der Waals surface area (Å²) in [6.45, 7) is 3.39. The number of likely N-dealkylation sites (N-methyl/N-ethyl adjacent to an activating group) is 1. The molecule has 5 nitrogen and oxygen atoms in total. The number of carboxylic acids is 1. The Labute approximate surface area is 95.8 Å². The van der Waals surface area contributed by atoms with Crippen LogP contribution >= 0.6 is 0 Å². The number of aliphatic carboxylic acids is 1. The predicted molar refractivity (Wildman–Crippen MR) is 60.1 cm³/mol. The second-order valence-electron chi connectivity index (χ2n) is 4.25. The summed E-state index contributed by atoms with van der Waals surface area (Å²) in [7, 11) is 1.58. The van der Waals surface area contributed by atoms with Crippen molar-refractivity contribution in [3.05, 3.63) is 0 Å². The number of amides is 1. The average molecular weight is 228 g/mol. The average Bonchev–Trinajstić information content (AvgIpc) is 2.29. The molecule has 2 N–H and O–H groups in total. The molecule has 5 heteroatoms. The standard InChI is InChI=1S/C11H20N2O3/c1-3-9(11(15)16)13(2)10(14)8-5-4-6-12-7-8/h8-9,12H,3-7H2,1-2H3,(H,15,16)/t8-,9?/m0/s1. The first kappa shape index (κ1) is 13.0. The van der Waals surface area contributed by atoms with E-state index < -0.39 is 12.0 Å². The molecule has 0 saturated carbocycles. The van der Waals surface area contributed by atoms with Gasteiger partial charge in [-0.15, -0.1) is 0 Å². The third-order valence-electron chi connectivity index (χ3n) is 3.13. The highest BCUT2D eigenvalue weighted by atomic mass is 16.4. The fourth-order valence-electron chi connectivity index (χ4n) is 2.12. The molecule has 1 rings (SSSR count). The normalized spacial score (nSPS) is 22.5. The molecule has 0 aliphatic carbocycles. The number of carboxylic acid groups (broad SMARTS) is 1. The molecule has 0 aromatic carbocycles. The topological polar surface area (TPSA) is 69.6 Å². The van der Waals surface area contributed by atoms with Crippen LogP contribution in [0.1, 0.15) is 26.2 Å². The number of hydrogen-bond acceptors (Lipinski definition) is 3. The van der Waals surface area contributed by atoms with Gasteiger partial charge in [0.1, 0.15) is 6.04 Å². The maximum Gasteiger partial charge on any atom is 0.326 e. The van der Waals surface area contributed by atoms with Crippen LogP contribution in [0.2, 0.25) is 0 Å². The number of piperidine rings is 1. The monoisotopic (exact) mass is 228 g/mol. The maximum absolute atomic E-state index is 12.0. The minimum atomic E-state index is -0.929. The number of hydrogen-bond donors (Lipinski definition) is 2. The fourth-order valence-corrected chi connectivity index (χ4v) is 2.12. The summed E-state index contributed by atoms with van der Waals surface area (Å²) in [5, 5.41) is 12.1. The van der Waals surface area contributed by atoms with Gasteiger partial charge in [-0.05, 0) is 25.8 Å². The van der Waals surface area contributed by atoms with Gasteiger partial charge in [-0.3, -0.25) is 4.79 Å². The molecule has 0 spiro atoms. The van der Waals surface area contributed by atoms with E-state index in [0.717, 1.165) is 19.4 Å². The van der Waals surface area contributed by atoms with E-state index in [9.17, 15) is 9.59 Å². The van der Waals surface area contributed by atoms with E-state index in [1.165, 1.54) is 4.90 Å². The molecule has 16 heavy (non-hydrogen) atoms. The Morgan fingerprint density at radius 3 is 2.69 bits per heavy atom. The van der Waals surface area contributed by atoms with Gasteiger partial charge in [0.2, 0.25) is 5.91 Å². The lowest BCUT2D eigenvalue weighted by atomic mass is 9.97. The molecule has 0 radical (unpaired) electrons. The lowest BCUT2D eigenvalue weighted by molar-refractivity contribution is -0.151. The van der Waals surface area contributed by atoms with Crippen molar-refractivity contribution >= 4 is 11.9 Å². The van der Waals surface area contributed by atoms with E-state index >= 15 is 0 Å². The van der Waals surface area contributed by atoms with Crippen molar-refractivity contribution in [1.82, 2.24) is 10.2 Å². The Hall–Kier alpha value is -1.10. The first-order valence-corrected chi connectivity index (χ1v) is 5.78. The van der Waals surface area contributed by atoms with E-state index in [4.69, 9.17) is 5.11 Å². The largest absolute Gasteiger partial charge is 0.480 e. The van der Waals surface area contributed by atoms with Gasteiger partial charge in [0.25, 0.3) is 0 Å². The molecule has 1 aliphatic heterocycles. The Kier molecular flexibility index (Phi) is 4.73. The first-order valence-electron chi connectivity index (χ1n) is 5.78. The van der Waals surface area contributed by atoms with Crippen LogP contribution < -0.4 is 5.32 Å². The van der Waals surface area contributed by atoms with Crippen LogP contribution in [0.4, 0.5) is 0 Å². The van der Waals surface area contributed by atoms with Gasteiger partial charge in [0.05, 0.1) is 5.92 Å². The van der Waals surface area contributed by atoms with Gasteiger partial charge < -0.3 is 15.3 Å². The molecule has 0 aromatic heterocycles. The van der Waals surface area contributed by atoms with Crippen LogP contribution in [0, 0.1) is 5.92 Å². The van der Waals surface area contributed by atoms with Gasteiger partial charge in [-0.25, -0.2) is 4.79 Å². The molecule has 0 aromatic rings. The van der Waals surface area contributed by atoms with Crippen molar-refractivity contribution in [3.63, 3.8) is 0 Å². The lowest BCUT2D eigenvalue weighted by Gasteiger charge is -2.30. The van der Waals surface area contributed by atoms with E-state index in [0.29, 0.717) is 13.0 Å². The van der Waals surface area contributed by atoms with E-state index in [1.54, 1.807) is 14.0 Å². The zero-order chi connectivity index (χ0) is 12.1. The third kappa shape index (κ3) is 2.95. The fraction of sp³-hybridized carbons (Fsp3) is 0.818. The van der Waals surface area contributed by atoms with Crippen molar-refractivity contribution in [2.45, 2.75) is 32.2 Å². The van der Waals surface area contributed by atoms with Crippen molar-refractivity contribution in [2.24, 2.45) is 5.92 Å². The highest BCUT2D eigenvalue weighted by Gasteiger charge is 2.30. The van der Waals surface area contributed by atoms with Crippen LogP contribution in [0.3, 0.4) is 0 Å². The molecule has 1 aliphatic rings. The highest BCUT2D eigenvalue weighted by Crippen LogP contribution is 2.15. The summed E-state index contributed by atoms with van der Waals surface area (Å²) < 4.78 is 0. The zero-order valence-corrected chi connectivity index (χ0v) is 9.90. The Bertz CT molecular complexity index is 262. The van der Waals surface area contributed by atoms with E-state index in [1.807, 2.05) is 0 Å². The summed E-state index contributed by atoms with van der Waals surface area (Å²) in [5.41, 5.74) is 0. The smallest absolute Gasteiger partial charge is 0.326 e. The van der Waals surface area contributed by atoms with E-state index in [2.05, 4.69) is 5.32 Å². The molecular weight excluding hydrogens is 208 g/mol. The first-order chi connectivity index (χ1) is 7.57. The summed E-state index contributed by atoms with van der Waals surface area (Å²) in [4.78, 5) is 24.4. The number of carbonyl (C=O) groups excluding carboxylic acids is 1. The van der Waals surface area contributed by atoms with Crippen LogP contribution in [0.5, 0.6) is 0 Å². The van der Waals surface area contributed by atoms with E-state index in [-0.39, 0.29) is 11.8 Å². The molecule has 1 heterocycles. The molecule has 92 valence electrons. The highest BCUT2D eigenvalue weighted by molar-refractivity contribution is 5.85. The molecule has 0 bridgehead atoms. The Morgan fingerprint density at radius 2 is 2.25 bits per heavy atom. The second-order valence-corrected chi connectivity index (χ2v) is 4.25. The number of carbonyl (C=O) groups is 2. The van der Waals surface area contributed by atoms with Gasteiger partial charge >= 0.3 is 5.97 Å². The zero-order valence-electron chi connectivity index (χ0n) is 9.90. The van der Waals surface area contributed by atoms with Crippen molar-refractivity contribution < 1.29 is 14.7 Å². The lowest BCUT2D eigenvalue weighted by Crippen LogP contribution is -2.48. The SMILES string of the molecule is CCC(C(=O)O)N(C)C(=O)[C@H]1CCCNC1. The van der Waals surface area contributed by atoms with Gasteiger partial charge in [-0.1, -0.05) is 6.92 Å². The number of nitrogens with zero attached hydrogens (tertiary/aromatic N) is 1. The quantitative estimate of drug-likeness (QED) is 0.726. The predicted octanol–water partition coefficient (Wildman–Crippen LogP) is 0.308. The van der Waals surface area contributed by atoms with Crippen molar-refractivity contribution in [3.8, 4) is 0 Å².